The van der Waals surface area contributed by atoms with Crippen molar-refractivity contribution in [2.75, 3.05) is 45.0 Å². The van der Waals surface area contributed by atoms with Gasteiger partial charge in [0, 0.05) is 43.2 Å². The molecule has 1 aliphatic rings. The molecule has 0 aliphatic carbocycles. The van der Waals surface area contributed by atoms with E-state index < -0.39 is 11.4 Å². The summed E-state index contributed by atoms with van der Waals surface area (Å²) in [6.07, 6.45) is 0.522. The Balaban J connectivity index is 1.60. The van der Waals surface area contributed by atoms with Crippen LogP contribution in [0.1, 0.15) is 44.5 Å². The molecule has 0 spiro atoms. The largest absolute Gasteiger partial charge is 0.444 e. The molecule has 1 fully saturated rings. The monoisotopic (exact) mass is 453 g/mol. The quantitative estimate of drug-likeness (QED) is 0.370. The van der Waals surface area contributed by atoms with E-state index in [1.54, 1.807) is 11.0 Å². The van der Waals surface area contributed by atoms with Crippen molar-refractivity contribution in [2.45, 2.75) is 44.6 Å². The van der Waals surface area contributed by atoms with E-state index in [9.17, 15) is 18.8 Å². The summed E-state index contributed by atoms with van der Waals surface area (Å²) in [4.78, 5) is 39.7. The molecular formula is C22H32FN3O4S. The number of amides is 2. The van der Waals surface area contributed by atoms with E-state index in [0.717, 1.165) is 37.8 Å². The standard InChI is InChI=1S/C22H32FN3O4S/c1-16(27)17-6-7-19(18(23)14-17)31-15-20(28)24-8-5-9-25-10-12-26(13-11-25)21(29)30-22(2,3)4/h6-7,14H,5,8-13,15H2,1-4H3,(H,24,28). The highest BCUT2D eigenvalue weighted by Crippen LogP contribution is 2.22. The summed E-state index contributed by atoms with van der Waals surface area (Å²) in [5.74, 6) is -0.726. The fourth-order valence-electron chi connectivity index (χ4n) is 3.04. The predicted molar refractivity (Wildman–Crippen MR) is 119 cm³/mol. The van der Waals surface area contributed by atoms with Crippen LogP contribution in [0.4, 0.5) is 9.18 Å². The Labute approximate surface area is 187 Å². The van der Waals surface area contributed by atoms with Gasteiger partial charge < -0.3 is 15.0 Å². The molecule has 2 rings (SSSR count). The minimum Gasteiger partial charge on any atom is -0.444 e. The number of hydrogen-bond donors (Lipinski definition) is 1. The van der Waals surface area contributed by atoms with Crippen LogP contribution in [0.25, 0.3) is 0 Å². The van der Waals surface area contributed by atoms with Crippen LogP contribution in [-0.4, -0.2) is 78.2 Å². The first-order chi connectivity index (χ1) is 14.5. The Hall–Kier alpha value is -2.13. The smallest absolute Gasteiger partial charge is 0.410 e. The summed E-state index contributed by atoms with van der Waals surface area (Å²) in [7, 11) is 0. The van der Waals surface area contributed by atoms with Crippen LogP contribution in [0.15, 0.2) is 23.1 Å². The van der Waals surface area contributed by atoms with Gasteiger partial charge in [-0.3, -0.25) is 14.5 Å². The van der Waals surface area contributed by atoms with Crippen LogP contribution in [0.3, 0.4) is 0 Å². The molecule has 0 unspecified atom stereocenters. The first kappa shape index (κ1) is 25.1. The molecule has 172 valence electrons. The van der Waals surface area contributed by atoms with Crippen LogP contribution in [-0.2, 0) is 9.53 Å². The second kappa shape index (κ2) is 11.5. The zero-order valence-electron chi connectivity index (χ0n) is 18.7. The molecule has 1 saturated heterocycles. The third kappa shape index (κ3) is 8.86. The van der Waals surface area contributed by atoms with Crippen LogP contribution in [0, 0.1) is 5.82 Å². The van der Waals surface area contributed by atoms with Crippen LogP contribution < -0.4 is 5.32 Å². The Morgan fingerprint density at radius 2 is 1.84 bits per heavy atom. The molecule has 9 heteroatoms. The molecule has 2 amide bonds. The lowest BCUT2D eigenvalue weighted by Gasteiger charge is -2.35. The minimum atomic E-state index is -0.492. The van der Waals surface area contributed by atoms with Crippen LogP contribution in [0.2, 0.25) is 0 Å². The summed E-state index contributed by atoms with van der Waals surface area (Å²) < 4.78 is 19.4. The highest BCUT2D eigenvalue weighted by Gasteiger charge is 2.25. The molecule has 1 heterocycles. The fraction of sp³-hybridized carbons (Fsp3) is 0.591. The highest BCUT2D eigenvalue weighted by molar-refractivity contribution is 8.00. The summed E-state index contributed by atoms with van der Waals surface area (Å²) >= 11 is 1.11. The maximum atomic E-state index is 14.0. The van der Waals surface area contributed by atoms with Crippen LogP contribution >= 0.6 is 11.8 Å². The van der Waals surface area contributed by atoms with Gasteiger partial charge in [-0.25, -0.2) is 9.18 Å². The Bertz CT molecular complexity index is 789. The molecule has 7 nitrogen and oxygen atoms in total. The lowest BCUT2D eigenvalue weighted by Crippen LogP contribution is -2.50. The number of halogens is 1. The number of rotatable bonds is 8. The van der Waals surface area contributed by atoms with Crippen molar-refractivity contribution < 1.29 is 23.5 Å². The number of piperazine rings is 1. The Kier molecular flexibility index (Phi) is 9.31. The number of hydrogen-bond acceptors (Lipinski definition) is 6. The minimum absolute atomic E-state index is 0.116. The molecule has 1 aromatic rings. The third-order valence-electron chi connectivity index (χ3n) is 4.69. The van der Waals surface area contributed by atoms with Gasteiger partial charge in [-0.15, -0.1) is 11.8 Å². The predicted octanol–water partition coefficient (Wildman–Crippen LogP) is 3.18. The van der Waals surface area contributed by atoms with Gasteiger partial charge in [0.05, 0.1) is 5.75 Å². The molecule has 1 N–H and O–H groups in total. The number of nitrogens with one attached hydrogen (secondary N) is 1. The molecule has 0 atom stereocenters. The van der Waals surface area contributed by atoms with E-state index in [1.165, 1.54) is 19.1 Å². The van der Waals surface area contributed by atoms with Gasteiger partial charge in [0.25, 0.3) is 0 Å². The van der Waals surface area contributed by atoms with Gasteiger partial charge in [-0.2, -0.15) is 0 Å². The molecule has 0 aromatic heterocycles. The summed E-state index contributed by atoms with van der Waals surface area (Å²) in [6.45, 7) is 11.1. The average Bonchev–Trinajstić information content (AvgIpc) is 2.69. The Morgan fingerprint density at radius 1 is 1.16 bits per heavy atom. The number of Topliss-reactive ketones (excluding diaryl/α,β-unsaturated/α-hetero) is 1. The molecule has 0 radical (unpaired) electrons. The number of carbonyl (C=O) groups excluding carboxylic acids is 3. The topological polar surface area (TPSA) is 79.0 Å². The number of carbonyl (C=O) groups is 3. The summed E-state index contributed by atoms with van der Waals surface area (Å²) in [5.41, 5.74) is -0.174. The van der Waals surface area contributed by atoms with E-state index in [-0.39, 0.29) is 23.5 Å². The Morgan fingerprint density at radius 3 is 2.42 bits per heavy atom. The molecule has 1 aromatic carbocycles. The highest BCUT2D eigenvalue weighted by atomic mass is 32.2. The van der Waals surface area contributed by atoms with Crippen molar-refractivity contribution in [3.05, 3.63) is 29.6 Å². The maximum absolute atomic E-state index is 14.0. The first-order valence-electron chi connectivity index (χ1n) is 10.5. The van der Waals surface area contributed by atoms with E-state index in [2.05, 4.69) is 10.2 Å². The lowest BCUT2D eigenvalue weighted by molar-refractivity contribution is -0.118. The molecule has 0 bridgehead atoms. The number of nitrogens with zero attached hydrogens (tertiary/aromatic N) is 2. The van der Waals surface area contributed by atoms with Crippen molar-refractivity contribution in [3.63, 3.8) is 0 Å². The average molecular weight is 454 g/mol. The van der Waals surface area contributed by atoms with Crippen molar-refractivity contribution >= 4 is 29.5 Å². The maximum Gasteiger partial charge on any atom is 0.410 e. The van der Waals surface area contributed by atoms with Crippen molar-refractivity contribution in [3.8, 4) is 0 Å². The van der Waals surface area contributed by atoms with Gasteiger partial charge in [0.1, 0.15) is 11.4 Å². The molecule has 31 heavy (non-hydrogen) atoms. The van der Waals surface area contributed by atoms with E-state index in [0.29, 0.717) is 30.1 Å². The number of ketones is 1. The van der Waals surface area contributed by atoms with Gasteiger partial charge in [-0.1, -0.05) is 6.07 Å². The molecule has 0 saturated carbocycles. The van der Waals surface area contributed by atoms with Crippen molar-refractivity contribution in [2.24, 2.45) is 0 Å². The SMILES string of the molecule is CC(=O)c1ccc(SCC(=O)NCCCN2CCN(C(=O)OC(C)(C)C)CC2)c(F)c1. The van der Waals surface area contributed by atoms with Gasteiger partial charge in [0.15, 0.2) is 5.78 Å². The first-order valence-corrected chi connectivity index (χ1v) is 11.4. The van der Waals surface area contributed by atoms with E-state index in [4.69, 9.17) is 4.74 Å². The number of thioether (sulfide) groups is 1. The van der Waals surface area contributed by atoms with Gasteiger partial charge in [-0.05, 0) is 52.8 Å². The second-order valence-electron chi connectivity index (χ2n) is 8.50. The number of benzene rings is 1. The lowest BCUT2D eigenvalue weighted by atomic mass is 10.1. The molecule has 1 aliphatic heterocycles. The zero-order valence-corrected chi connectivity index (χ0v) is 19.5. The summed E-state index contributed by atoms with van der Waals surface area (Å²) in [5, 5.41) is 2.85. The van der Waals surface area contributed by atoms with Crippen LogP contribution in [0.5, 0.6) is 0 Å². The second-order valence-corrected chi connectivity index (χ2v) is 9.52. The fourth-order valence-corrected chi connectivity index (χ4v) is 3.79. The van der Waals surface area contributed by atoms with Gasteiger partial charge in [0.2, 0.25) is 5.91 Å². The van der Waals surface area contributed by atoms with E-state index >= 15 is 0 Å². The molecular weight excluding hydrogens is 421 g/mol. The normalized spacial score (nSPS) is 14.9. The van der Waals surface area contributed by atoms with Crippen molar-refractivity contribution in [1.82, 2.24) is 15.1 Å². The third-order valence-corrected chi connectivity index (χ3v) is 5.74. The summed E-state index contributed by atoms with van der Waals surface area (Å²) in [6, 6.07) is 4.29. The number of ether oxygens (including phenoxy) is 1. The van der Waals surface area contributed by atoms with E-state index in [1.807, 2.05) is 20.8 Å². The zero-order chi connectivity index (χ0) is 23.0. The van der Waals surface area contributed by atoms with Gasteiger partial charge >= 0.3 is 6.09 Å². The van der Waals surface area contributed by atoms with Crippen molar-refractivity contribution in [1.29, 1.82) is 0 Å².